The Labute approximate surface area is 188 Å². The molecule has 0 spiro atoms. The number of piperidine rings is 1. The largest absolute Gasteiger partial charge is 0.456 e. The van der Waals surface area contributed by atoms with Crippen LogP contribution >= 0.6 is 22.9 Å². The number of benzene rings is 1. The maximum Gasteiger partial charge on any atom is 0.338 e. The van der Waals surface area contributed by atoms with E-state index in [1.165, 1.54) is 44.3 Å². The summed E-state index contributed by atoms with van der Waals surface area (Å²) in [6.45, 7) is 2.46. The van der Waals surface area contributed by atoms with Gasteiger partial charge in [-0.25, -0.2) is 18.2 Å². The van der Waals surface area contributed by atoms with Gasteiger partial charge >= 0.3 is 5.97 Å². The van der Waals surface area contributed by atoms with E-state index >= 15 is 0 Å². The van der Waals surface area contributed by atoms with Crippen LogP contribution in [0.5, 0.6) is 0 Å². The number of carbonyl (C=O) groups excluding carboxylic acids is 1. The van der Waals surface area contributed by atoms with Crippen LogP contribution in [-0.2, 0) is 21.4 Å². The fraction of sp³-hybridized carbons (Fsp3) is 0.350. The number of fused-ring (bicyclic) bond motifs is 1. The molecule has 1 fully saturated rings. The van der Waals surface area contributed by atoms with Crippen molar-refractivity contribution in [1.82, 2.24) is 13.7 Å². The van der Waals surface area contributed by atoms with Crippen LogP contribution in [0.15, 0.2) is 39.3 Å². The Balaban J connectivity index is 1.54. The van der Waals surface area contributed by atoms with Crippen molar-refractivity contribution in [3.05, 3.63) is 62.0 Å². The van der Waals surface area contributed by atoms with E-state index in [2.05, 4.69) is 4.98 Å². The molecule has 0 atom stereocenters. The fourth-order valence-electron chi connectivity index (χ4n) is 3.47. The summed E-state index contributed by atoms with van der Waals surface area (Å²) in [6.07, 6.45) is 2.57. The minimum absolute atomic E-state index is 0.0512. The molecule has 1 aliphatic heterocycles. The Bertz CT molecular complexity index is 1310. The molecular formula is C20H20ClN3O5S2. The number of sulfonamides is 1. The Morgan fingerprint density at radius 3 is 2.71 bits per heavy atom. The standard InChI is InChI=1S/C20H20ClN3O5S2/c1-13-12-30-20-22-15(10-18(25)24(13)20)11-29-19(26)14-5-6-16(21)17(9-14)31(27,28)23-7-3-2-4-8-23/h5-6,9-10,12H,2-4,7-8,11H2,1H3. The number of nitrogens with zero attached hydrogens (tertiary/aromatic N) is 3. The number of hydrogen-bond acceptors (Lipinski definition) is 7. The van der Waals surface area contributed by atoms with Gasteiger partial charge in [-0.3, -0.25) is 9.20 Å². The van der Waals surface area contributed by atoms with E-state index in [-0.39, 0.29) is 27.6 Å². The predicted octanol–water partition coefficient (Wildman–Crippen LogP) is 3.25. The average Bonchev–Trinajstić information content (AvgIpc) is 3.14. The first-order chi connectivity index (χ1) is 14.8. The van der Waals surface area contributed by atoms with E-state index in [0.717, 1.165) is 25.0 Å². The van der Waals surface area contributed by atoms with E-state index in [4.69, 9.17) is 16.3 Å². The summed E-state index contributed by atoms with van der Waals surface area (Å²) in [5.74, 6) is -0.726. The van der Waals surface area contributed by atoms with Gasteiger partial charge < -0.3 is 4.74 Å². The minimum atomic E-state index is -3.80. The Hall–Kier alpha value is -2.27. The fourth-order valence-corrected chi connectivity index (χ4v) is 6.38. The third kappa shape index (κ3) is 4.38. The molecule has 1 aromatic carbocycles. The number of aromatic nitrogens is 2. The van der Waals surface area contributed by atoms with Crippen molar-refractivity contribution in [3.63, 3.8) is 0 Å². The maximum absolute atomic E-state index is 13.0. The monoisotopic (exact) mass is 481 g/mol. The van der Waals surface area contributed by atoms with E-state index < -0.39 is 16.0 Å². The Morgan fingerprint density at radius 2 is 1.97 bits per heavy atom. The summed E-state index contributed by atoms with van der Waals surface area (Å²) in [5.41, 5.74) is 0.904. The van der Waals surface area contributed by atoms with Crippen molar-refractivity contribution in [2.75, 3.05) is 13.1 Å². The summed E-state index contributed by atoms with van der Waals surface area (Å²) >= 11 is 7.47. The van der Waals surface area contributed by atoms with Crippen LogP contribution in [0.1, 0.15) is 41.0 Å². The second-order valence-corrected chi connectivity index (χ2v) is 10.4. The van der Waals surface area contributed by atoms with Crippen molar-refractivity contribution >= 4 is 43.9 Å². The zero-order valence-corrected chi connectivity index (χ0v) is 19.1. The summed E-state index contributed by atoms with van der Waals surface area (Å²) in [4.78, 5) is 29.5. The molecule has 31 heavy (non-hydrogen) atoms. The molecule has 0 aliphatic carbocycles. The van der Waals surface area contributed by atoms with Gasteiger partial charge in [0.1, 0.15) is 11.5 Å². The topological polar surface area (TPSA) is 98.0 Å². The van der Waals surface area contributed by atoms with Crippen LogP contribution in [-0.4, -0.2) is 41.2 Å². The molecule has 0 radical (unpaired) electrons. The van der Waals surface area contributed by atoms with Gasteiger partial charge in [0.2, 0.25) is 10.0 Å². The van der Waals surface area contributed by atoms with Crippen LogP contribution in [0, 0.1) is 6.92 Å². The molecule has 3 heterocycles. The summed E-state index contributed by atoms with van der Waals surface area (Å²) in [7, 11) is -3.80. The van der Waals surface area contributed by atoms with Crippen molar-refractivity contribution in [3.8, 4) is 0 Å². The zero-order valence-electron chi connectivity index (χ0n) is 16.7. The summed E-state index contributed by atoms with van der Waals surface area (Å²) in [6, 6.07) is 5.34. The van der Waals surface area contributed by atoms with Crippen LogP contribution < -0.4 is 5.56 Å². The number of rotatable bonds is 5. The van der Waals surface area contributed by atoms with Gasteiger partial charge in [0.05, 0.1) is 16.3 Å². The van der Waals surface area contributed by atoms with E-state index in [0.29, 0.717) is 23.7 Å². The second kappa shape index (κ2) is 8.70. The van der Waals surface area contributed by atoms with Gasteiger partial charge in [0, 0.05) is 30.2 Å². The van der Waals surface area contributed by atoms with Gasteiger partial charge in [-0.1, -0.05) is 18.0 Å². The van der Waals surface area contributed by atoms with Crippen LogP contribution in [0.2, 0.25) is 5.02 Å². The quantitative estimate of drug-likeness (QED) is 0.519. The Kier molecular flexibility index (Phi) is 6.16. The van der Waals surface area contributed by atoms with Gasteiger partial charge in [-0.2, -0.15) is 4.31 Å². The lowest BCUT2D eigenvalue weighted by Gasteiger charge is -2.26. The third-order valence-corrected chi connectivity index (χ3v) is 8.40. The van der Waals surface area contributed by atoms with Crippen molar-refractivity contribution < 1.29 is 17.9 Å². The molecule has 0 unspecified atom stereocenters. The lowest BCUT2D eigenvalue weighted by Crippen LogP contribution is -2.35. The number of esters is 1. The molecule has 1 saturated heterocycles. The predicted molar refractivity (Wildman–Crippen MR) is 117 cm³/mol. The van der Waals surface area contributed by atoms with E-state index in [1.807, 2.05) is 12.3 Å². The average molecular weight is 482 g/mol. The first-order valence-electron chi connectivity index (χ1n) is 9.71. The first-order valence-corrected chi connectivity index (χ1v) is 12.4. The second-order valence-electron chi connectivity index (χ2n) is 7.27. The van der Waals surface area contributed by atoms with Crippen LogP contribution in [0.25, 0.3) is 4.96 Å². The highest BCUT2D eigenvalue weighted by Gasteiger charge is 2.29. The molecule has 0 saturated carbocycles. The van der Waals surface area contributed by atoms with E-state index in [9.17, 15) is 18.0 Å². The van der Waals surface area contributed by atoms with Crippen LogP contribution in [0.4, 0.5) is 0 Å². The number of ether oxygens (including phenoxy) is 1. The van der Waals surface area contributed by atoms with Crippen molar-refractivity contribution in [2.24, 2.45) is 0 Å². The molecule has 0 amide bonds. The molecule has 3 aromatic rings. The lowest BCUT2D eigenvalue weighted by atomic mass is 10.2. The third-order valence-electron chi connectivity index (χ3n) is 5.08. The number of aryl methyl sites for hydroxylation is 1. The first kappa shape index (κ1) is 21.9. The van der Waals surface area contributed by atoms with Crippen molar-refractivity contribution in [2.45, 2.75) is 37.7 Å². The zero-order chi connectivity index (χ0) is 22.2. The molecule has 0 bridgehead atoms. The summed E-state index contributed by atoms with van der Waals surface area (Å²) in [5, 5.41) is 1.87. The minimum Gasteiger partial charge on any atom is -0.456 e. The highest BCUT2D eigenvalue weighted by molar-refractivity contribution is 7.89. The molecule has 11 heteroatoms. The summed E-state index contributed by atoms with van der Waals surface area (Å²) < 4.78 is 34.1. The molecule has 1 aliphatic rings. The number of thiazole rings is 1. The van der Waals surface area contributed by atoms with Gasteiger partial charge in [-0.15, -0.1) is 11.3 Å². The maximum atomic E-state index is 13.0. The van der Waals surface area contributed by atoms with Gasteiger partial charge in [-0.05, 0) is 38.0 Å². The molecule has 0 N–H and O–H groups in total. The SMILES string of the molecule is Cc1csc2nc(COC(=O)c3ccc(Cl)c(S(=O)(=O)N4CCCCC4)c3)cc(=O)n12. The Morgan fingerprint density at radius 1 is 1.23 bits per heavy atom. The molecule has 4 rings (SSSR count). The normalized spacial score (nSPS) is 15.3. The number of halogens is 1. The van der Waals surface area contributed by atoms with E-state index in [1.54, 1.807) is 0 Å². The van der Waals surface area contributed by atoms with Crippen molar-refractivity contribution in [1.29, 1.82) is 0 Å². The van der Waals surface area contributed by atoms with Gasteiger partial charge in [0.15, 0.2) is 4.96 Å². The smallest absolute Gasteiger partial charge is 0.338 e. The number of hydrogen-bond donors (Lipinski definition) is 0. The molecule has 2 aromatic heterocycles. The number of carbonyl (C=O) groups is 1. The molecular weight excluding hydrogens is 462 g/mol. The lowest BCUT2D eigenvalue weighted by molar-refractivity contribution is 0.0467. The molecule has 8 nitrogen and oxygen atoms in total. The van der Waals surface area contributed by atoms with Gasteiger partial charge in [0.25, 0.3) is 5.56 Å². The highest BCUT2D eigenvalue weighted by atomic mass is 35.5. The highest BCUT2D eigenvalue weighted by Crippen LogP contribution is 2.28. The van der Waals surface area contributed by atoms with Crippen LogP contribution in [0.3, 0.4) is 0 Å². The molecule has 164 valence electrons.